The summed E-state index contributed by atoms with van der Waals surface area (Å²) in [5.41, 5.74) is -7.61. The van der Waals surface area contributed by atoms with Crippen molar-refractivity contribution in [2.45, 2.75) is 116 Å². The first-order valence-corrected chi connectivity index (χ1v) is 12.4. The molecule has 0 radical (unpaired) electrons. The number of hydrogen-bond acceptors (Lipinski definition) is 7. The van der Waals surface area contributed by atoms with Gasteiger partial charge >= 0.3 is 17.9 Å². The summed E-state index contributed by atoms with van der Waals surface area (Å²) in [6.45, 7) is 18.0. The van der Waals surface area contributed by atoms with Crippen molar-refractivity contribution in [3.63, 3.8) is 0 Å². The Hall–Kier alpha value is -3.22. The first-order chi connectivity index (χ1) is 16.9. The lowest BCUT2D eigenvalue weighted by Crippen LogP contribution is -2.77. The van der Waals surface area contributed by atoms with Crippen molar-refractivity contribution in [2.24, 2.45) is 0 Å². The highest BCUT2D eigenvalue weighted by atomic mass is 16.4. The van der Waals surface area contributed by atoms with E-state index >= 15 is 0 Å². The molecule has 13 nitrogen and oxygen atoms in total. The quantitative estimate of drug-likeness (QED) is 0.338. The highest BCUT2D eigenvalue weighted by molar-refractivity contribution is 6.03. The number of aliphatic carboxylic acids is 3. The van der Waals surface area contributed by atoms with Crippen LogP contribution in [0.25, 0.3) is 0 Å². The fraction of sp³-hybridized carbons (Fsp3) is 0.769. The Morgan fingerprint density at radius 2 is 1.13 bits per heavy atom. The minimum absolute atomic E-state index is 0.272. The van der Waals surface area contributed by atoms with Crippen molar-refractivity contribution in [3.8, 4) is 0 Å². The van der Waals surface area contributed by atoms with Crippen molar-refractivity contribution in [1.29, 1.82) is 0 Å². The zero-order valence-corrected chi connectivity index (χ0v) is 25.6. The average molecular weight is 559 g/mol. The lowest BCUT2D eigenvalue weighted by atomic mass is 9.83. The van der Waals surface area contributed by atoms with E-state index in [1.807, 2.05) is 0 Å². The van der Waals surface area contributed by atoms with E-state index in [0.717, 1.165) is 4.90 Å². The molecule has 0 atom stereocenters. The highest BCUT2D eigenvalue weighted by Crippen LogP contribution is 2.37. The Morgan fingerprint density at radius 3 is 1.46 bits per heavy atom. The first-order valence-electron chi connectivity index (χ1n) is 12.4. The van der Waals surface area contributed by atoms with E-state index in [1.165, 1.54) is 72.2 Å². The van der Waals surface area contributed by atoms with Crippen molar-refractivity contribution in [2.75, 3.05) is 14.1 Å². The van der Waals surface area contributed by atoms with E-state index in [-0.39, 0.29) is 11.8 Å². The number of piperazine rings is 1. The fourth-order valence-electron chi connectivity index (χ4n) is 4.18. The standard InChI is InChI=1S/C13H24N2O5.C13H22N2O4/c1-11(2,14-12(3,4)9(17)18)8(16)15(7)13(5,6)10(19)20;1-11(2)9(17)15(13(5,6)10(18)19)12(3,4)8(16)14(11)7/h14H,1-7H3,(H,17,18)(H,19,20);1-7H3,(H,18,19). The molecule has 224 valence electrons. The van der Waals surface area contributed by atoms with Gasteiger partial charge in [0.1, 0.15) is 27.7 Å². The van der Waals surface area contributed by atoms with Crippen molar-refractivity contribution >= 4 is 35.6 Å². The lowest BCUT2D eigenvalue weighted by Gasteiger charge is -2.55. The van der Waals surface area contributed by atoms with Gasteiger partial charge in [0.15, 0.2) is 0 Å². The van der Waals surface area contributed by atoms with Crippen LogP contribution in [0.1, 0.15) is 83.1 Å². The molecule has 39 heavy (non-hydrogen) atoms. The predicted molar refractivity (Wildman–Crippen MR) is 143 cm³/mol. The van der Waals surface area contributed by atoms with E-state index in [0.29, 0.717) is 0 Å². The van der Waals surface area contributed by atoms with Crippen LogP contribution >= 0.6 is 0 Å². The van der Waals surface area contributed by atoms with Gasteiger partial charge in [-0.1, -0.05) is 0 Å². The lowest BCUT2D eigenvalue weighted by molar-refractivity contribution is -0.186. The van der Waals surface area contributed by atoms with Crippen LogP contribution in [0.15, 0.2) is 0 Å². The number of carbonyl (C=O) groups excluding carboxylic acids is 3. The molecule has 0 aromatic rings. The number of nitrogens with one attached hydrogen (secondary N) is 1. The molecular formula is C26H46N4O9. The minimum Gasteiger partial charge on any atom is -0.480 e. The smallest absolute Gasteiger partial charge is 0.329 e. The summed E-state index contributed by atoms with van der Waals surface area (Å²) in [7, 11) is 2.95. The predicted octanol–water partition coefficient (Wildman–Crippen LogP) is 1.25. The van der Waals surface area contributed by atoms with Gasteiger partial charge in [0.2, 0.25) is 17.7 Å². The SMILES string of the molecule is CN(C(=O)C(C)(C)NC(C)(C)C(=O)O)C(C)(C)C(=O)O.CN1C(=O)C(C)(C)N(C(C)(C)C(=O)O)C(=O)C1(C)C. The van der Waals surface area contributed by atoms with Gasteiger partial charge in [-0.25, -0.2) is 9.59 Å². The Bertz CT molecular complexity index is 1040. The molecule has 4 N–H and O–H groups in total. The van der Waals surface area contributed by atoms with Gasteiger partial charge in [0.05, 0.1) is 5.54 Å². The molecule has 0 saturated carbocycles. The largest absolute Gasteiger partial charge is 0.480 e. The summed E-state index contributed by atoms with van der Waals surface area (Å²) >= 11 is 0. The van der Waals surface area contributed by atoms with Gasteiger partial charge in [-0.05, 0) is 83.1 Å². The molecule has 1 aliphatic heterocycles. The molecule has 3 amide bonds. The number of rotatable bonds is 8. The molecule has 0 aromatic carbocycles. The van der Waals surface area contributed by atoms with E-state index in [9.17, 15) is 33.9 Å². The van der Waals surface area contributed by atoms with Crippen molar-refractivity contribution < 1.29 is 44.1 Å². The molecule has 0 unspecified atom stereocenters. The number of hydrogen-bond donors (Lipinski definition) is 4. The van der Waals surface area contributed by atoms with Gasteiger partial charge < -0.3 is 30.0 Å². The van der Waals surface area contributed by atoms with E-state index in [4.69, 9.17) is 10.2 Å². The molecule has 13 heteroatoms. The summed E-state index contributed by atoms with van der Waals surface area (Å²) in [6, 6.07) is 0. The highest BCUT2D eigenvalue weighted by Gasteiger charge is 2.59. The van der Waals surface area contributed by atoms with Crippen molar-refractivity contribution in [3.05, 3.63) is 0 Å². The Balaban J connectivity index is 0.000000741. The molecule has 1 saturated heterocycles. The van der Waals surface area contributed by atoms with Crippen LogP contribution in [0.4, 0.5) is 0 Å². The monoisotopic (exact) mass is 558 g/mol. The van der Waals surface area contributed by atoms with Crippen LogP contribution in [-0.2, 0) is 28.8 Å². The van der Waals surface area contributed by atoms with E-state index in [2.05, 4.69) is 5.32 Å². The maximum Gasteiger partial charge on any atom is 0.329 e. The third-order valence-electron chi connectivity index (χ3n) is 7.40. The number of likely N-dealkylation sites (N-methyl/N-ethyl adjacent to an activating group) is 2. The maximum atomic E-state index is 12.6. The molecule has 1 fully saturated rings. The third kappa shape index (κ3) is 6.68. The number of carboxylic acids is 3. The Labute approximate surface area is 230 Å². The molecule has 1 heterocycles. The summed E-state index contributed by atoms with van der Waals surface area (Å²) in [6.07, 6.45) is 0. The van der Waals surface area contributed by atoms with Gasteiger partial charge in [-0.3, -0.25) is 24.5 Å². The van der Waals surface area contributed by atoms with Crippen LogP contribution in [0.3, 0.4) is 0 Å². The van der Waals surface area contributed by atoms with E-state index in [1.54, 1.807) is 34.7 Å². The van der Waals surface area contributed by atoms with Crippen LogP contribution in [0.2, 0.25) is 0 Å². The van der Waals surface area contributed by atoms with Gasteiger partial charge in [0, 0.05) is 14.1 Å². The molecule has 1 rings (SSSR count). The van der Waals surface area contributed by atoms with Crippen molar-refractivity contribution in [1.82, 2.24) is 20.0 Å². The third-order valence-corrected chi connectivity index (χ3v) is 7.40. The van der Waals surface area contributed by atoms with Crippen LogP contribution < -0.4 is 5.32 Å². The van der Waals surface area contributed by atoms with Gasteiger partial charge in [0.25, 0.3) is 0 Å². The molecule has 1 aliphatic rings. The van der Waals surface area contributed by atoms with Gasteiger partial charge in [-0.15, -0.1) is 0 Å². The molecule has 0 aliphatic carbocycles. The first kappa shape index (κ1) is 35.8. The Kier molecular flexibility index (Phi) is 9.86. The second-order valence-corrected chi connectivity index (χ2v) is 12.9. The number of carboxylic acid groups (broad SMARTS) is 3. The zero-order chi connectivity index (χ0) is 31.9. The average Bonchev–Trinajstić information content (AvgIpc) is 2.75. The summed E-state index contributed by atoms with van der Waals surface area (Å²) in [5.74, 6) is -4.51. The Morgan fingerprint density at radius 1 is 0.718 bits per heavy atom. The fourth-order valence-corrected chi connectivity index (χ4v) is 4.18. The summed E-state index contributed by atoms with van der Waals surface area (Å²) in [5, 5.41) is 30.3. The topological polar surface area (TPSA) is 185 Å². The molecular weight excluding hydrogens is 512 g/mol. The van der Waals surface area contributed by atoms with Gasteiger partial charge in [-0.2, -0.15) is 0 Å². The van der Waals surface area contributed by atoms with Crippen LogP contribution in [-0.4, -0.2) is 113 Å². The maximum absolute atomic E-state index is 12.6. The number of amides is 3. The summed E-state index contributed by atoms with van der Waals surface area (Å²) in [4.78, 5) is 74.9. The molecule has 0 bridgehead atoms. The van der Waals surface area contributed by atoms with Crippen LogP contribution in [0.5, 0.6) is 0 Å². The molecule has 0 spiro atoms. The second kappa shape index (κ2) is 10.7. The normalized spacial score (nSPS) is 17.7. The van der Waals surface area contributed by atoms with E-state index < -0.39 is 57.0 Å². The minimum atomic E-state index is -1.45. The number of nitrogens with zero attached hydrogens (tertiary/aromatic N) is 3. The van der Waals surface area contributed by atoms with Crippen LogP contribution in [0, 0.1) is 0 Å². The molecule has 0 aromatic heterocycles. The second-order valence-electron chi connectivity index (χ2n) is 12.9. The summed E-state index contributed by atoms with van der Waals surface area (Å²) < 4.78 is 0. The number of carbonyl (C=O) groups is 6. The zero-order valence-electron chi connectivity index (χ0n) is 25.6.